The van der Waals surface area contributed by atoms with Crippen molar-refractivity contribution >= 4 is 34.8 Å². The van der Waals surface area contributed by atoms with Crippen LogP contribution < -0.4 is 4.90 Å². The molecule has 1 aromatic heterocycles. The van der Waals surface area contributed by atoms with Gasteiger partial charge in [-0.2, -0.15) is 0 Å². The highest BCUT2D eigenvalue weighted by Crippen LogP contribution is 2.35. The van der Waals surface area contributed by atoms with Crippen molar-refractivity contribution in [2.24, 2.45) is 11.8 Å². The Kier molecular flexibility index (Phi) is 8.10. The van der Waals surface area contributed by atoms with E-state index >= 15 is 0 Å². The number of carboxylic acids is 1. The minimum Gasteiger partial charge on any atom is -0.477 e. The van der Waals surface area contributed by atoms with Gasteiger partial charge in [0.25, 0.3) is 0 Å². The van der Waals surface area contributed by atoms with E-state index in [9.17, 15) is 19.5 Å². The van der Waals surface area contributed by atoms with Gasteiger partial charge in [-0.1, -0.05) is 12.8 Å². The molecule has 7 nitrogen and oxygen atoms in total. The first-order valence-corrected chi connectivity index (χ1v) is 11.6. The minimum absolute atomic E-state index is 0.0835. The van der Waals surface area contributed by atoms with Crippen LogP contribution in [-0.2, 0) is 20.7 Å². The van der Waals surface area contributed by atoms with E-state index in [-0.39, 0.29) is 29.2 Å². The summed E-state index contributed by atoms with van der Waals surface area (Å²) in [6, 6.07) is 1.72. The van der Waals surface area contributed by atoms with Crippen LogP contribution in [0.2, 0.25) is 0 Å². The van der Waals surface area contributed by atoms with Gasteiger partial charge in [0.2, 0.25) is 11.8 Å². The predicted molar refractivity (Wildman–Crippen MR) is 119 cm³/mol. The number of carbonyl (C=O) groups excluding carboxylic acids is 2. The molecule has 1 N–H and O–H groups in total. The normalized spacial score (nSPS) is 21.2. The SMILES string of the molecule is CC#CCc1cc(N(CC(=O)N2CCOCC2)C(=O)C2CCC(C)CC2)c(C(=O)O)s1. The number of carboxylic acid groups (broad SMARTS) is 1. The van der Waals surface area contributed by atoms with Gasteiger partial charge in [0.15, 0.2) is 0 Å². The van der Waals surface area contributed by atoms with Gasteiger partial charge in [-0.3, -0.25) is 9.59 Å². The first-order valence-electron chi connectivity index (χ1n) is 10.8. The van der Waals surface area contributed by atoms with E-state index < -0.39 is 5.97 Å². The van der Waals surface area contributed by atoms with Crippen LogP contribution >= 0.6 is 11.3 Å². The van der Waals surface area contributed by atoms with Gasteiger partial charge in [0.05, 0.1) is 18.9 Å². The van der Waals surface area contributed by atoms with Crippen LogP contribution in [0.15, 0.2) is 6.07 Å². The summed E-state index contributed by atoms with van der Waals surface area (Å²) in [4.78, 5) is 42.5. The van der Waals surface area contributed by atoms with Gasteiger partial charge in [0, 0.05) is 30.3 Å². The monoisotopic (exact) mass is 446 g/mol. The second-order valence-corrected chi connectivity index (χ2v) is 9.35. The number of hydrogen-bond donors (Lipinski definition) is 1. The molecular formula is C23H30N2O5S. The van der Waals surface area contributed by atoms with Gasteiger partial charge >= 0.3 is 5.97 Å². The van der Waals surface area contributed by atoms with Crippen molar-refractivity contribution in [3.05, 3.63) is 15.8 Å². The molecule has 2 heterocycles. The zero-order chi connectivity index (χ0) is 22.4. The predicted octanol–water partition coefficient (Wildman–Crippen LogP) is 3.03. The second-order valence-electron chi connectivity index (χ2n) is 8.21. The van der Waals surface area contributed by atoms with Gasteiger partial charge in [-0.05, 0) is 44.6 Å². The lowest BCUT2D eigenvalue weighted by molar-refractivity contribution is -0.135. The van der Waals surface area contributed by atoms with E-state index in [2.05, 4.69) is 18.8 Å². The van der Waals surface area contributed by atoms with Crippen LogP contribution in [0.3, 0.4) is 0 Å². The fraction of sp³-hybridized carbons (Fsp3) is 0.609. The number of hydrogen-bond acceptors (Lipinski definition) is 5. The van der Waals surface area contributed by atoms with Crippen LogP contribution in [0, 0.1) is 23.7 Å². The molecular weight excluding hydrogens is 416 g/mol. The zero-order valence-corrected chi connectivity index (χ0v) is 19.0. The first-order chi connectivity index (χ1) is 14.9. The molecule has 1 aliphatic heterocycles. The summed E-state index contributed by atoms with van der Waals surface area (Å²) in [6.07, 6.45) is 3.89. The van der Waals surface area contributed by atoms with Crippen molar-refractivity contribution in [1.82, 2.24) is 4.90 Å². The van der Waals surface area contributed by atoms with Crippen molar-refractivity contribution in [3.63, 3.8) is 0 Å². The summed E-state index contributed by atoms with van der Waals surface area (Å²) in [5.41, 5.74) is 0.315. The lowest BCUT2D eigenvalue weighted by Gasteiger charge is -2.33. The molecule has 0 bridgehead atoms. The molecule has 0 atom stereocenters. The lowest BCUT2D eigenvalue weighted by Crippen LogP contribution is -2.48. The largest absolute Gasteiger partial charge is 0.477 e. The molecule has 1 aromatic rings. The average Bonchev–Trinajstić information content (AvgIpc) is 3.21. The molecule has 1 aliphatic carbocycles. The fourth-order valence-electron chi connectivity index (χ4n) is 4.10. The van der Waals surface area contributed by atoms with Crippen LogP contribution in [0.25, 0.3) is 0 Å². The third-order valence-corrected chi connectivity index (χ3v) is 7.09. The summed E-state index contributed by atoms with van der Waals surface area (Å²) in [7, 11) is 0. The highest BCUT2D eigenvalue weighted by Gasteiger charge is 2.34. The van der Waals surface area contributed by atoms with Gasteiger partial charge < -0.3 is 19.6 Å². The van der Waals surface area contributed by atoms with E-state index in [0.29, 0.717) is 44.3 Å². The molecule has 0 unspecified atom stereocenters. The van der Waals surface area contributed by atoms with Crippen molar-refractivity contribution < 1.29 is 24.2 Å². The Labute approximate surface area is 187 Å². The molecule has 1 saturated carbocycles. The van der Waals surface area contributed by atoms with E-state index in [1.165, 1.54) is 4.90 Å². The van der Waals surface area contributed by atoms with Gasteiger partial charge in [-0.25, -0.2) is 4.79 Å². The third kappa shape index (κ3) is 5.86. The molecule has 31 heavy (non-hydrogen) atoms. The Morgan fingerprint density at radius 3 is 2.52 bits per heavy atom. The molecule has 8 heteroatoms. The average molecular weight is 447 g/mol. The van der Waals surface area contributed by atoms with Crippen molar-refractivity contribution in [1.29, 1.82) is 0 Å². The number of nitrogens with zero attached hydrogens (tertiary/aromatic N) is 2. The van der Waals surface area contributed by atoms with E-state index in [1.807, 2.05) is 0 Å². The van der Waals surface area contributed by atoms with Crippen LogP contribution in [0.1, 0.15) is 54.1 Å². The Balaban J connectivity index is 1.91. The smallest absolute Gasteiger partial charge is 0.348 e. The molecule has 2 fully saturated rings. The van der Waals surface area contributed by atoms with Crippen LogP contribution in [0.5, 0.6) is 0 Å². The molecule has 3 rings (SSSR count). The highest BCUT2D eigenvalue weighted by atomic mass is 32.1. The number of morpholine rings is 1. The Hall–Kier alpha value is -2.37. The number of carbonyl (C=O) groups is 3. The maximum absolute atomic E-state index is 13.5. The topological polar surface area (TPSA) is 87.2 Å². The molecule has 168 valence electrons. The summed E-state index contributed by atoms with van der Waals surface area (Å²) >= 11 is 1.12. The molecule has 0 spiro atoms. The van der Waals surface area contributed by atoms with Gasteiger partial charge in [0.1, 0.15) is 11.4 Å². The lowest BCUT2D eigenvalue weighted by atomic mass is 9.82. The summed E-state index contributed by atoms with van der Waals surface area (Å²) in [5, 5.41) is 9.79. The quantitative estimate of drug-likeness (QED) is 0.679. The van der Waals surface area contributed by atoms with E-state index in [0.717, 1.165) is 41.9 Å². The molecule has 2 aliphatic rings. The summed E-state index contributed by atoms with van der Waals surface area (Å²) in [5.74, 6) is 4.73. The molecule has 0 radical (unpaired) electrons. The first kappa shape index (κ1) is 23.3. The standard InChI is InChI=1S/C23H30N2O5S/c1-3-4-5-18-14-19(21(31-18)23(28)29)25(15-20(26)24-10-12-30-13-11-24)22(27)17-8-6-16(2)7-9-17/h14,16-17H,5-13,15H2,1-2H3,(H,28,29). The Morgan fingerprint density at radius 2 is 1.90 bits per heavy atom. The summed E-state index contributed by atoms with van der Waals surface area (Å²) < 4.78 is 5.32. The highest BCUT2D eigenvalue weighted by molar-refractivity contribution is 7.14. The minimum atomic E-state index is -1.09. The number of ether oxygens (including phenoxy) is 1. The second kappa shape index (κ2) is 10.8. The van der Waals surface area contributed by atoms with Crippen molar-refractivity contribution in [2.45, 2.75) is 46.0 Å². The maximum Gasteiger partial charge on any atom is 0.348 e. The molecule has 1 saturated heterocycles. The van der Waals surface area contributed by atoms with E-state index in [1.54, 1.807) is 17.9 Å². The molecule has 2 amide bonds. The number of amides is 2. The van der Waals surface area contributed by atoms with Crippen molar-refractivity contribution in [3.8, 4) is 11.8 Å². The fourth-order valence-corrected chi connectivity index (χ4v) is 5.04. The Bertz CT molecular complexity index is 870. The Morgan fingerprint density at radius 1 is 1.23 bits per heavy atom. The summed E-state index contributed by atoms with van der Waals surface area (Å²) in [6.45, 7) is 5.66. The maximum atomic E-state index is 13.5. The molecule has 0 aromatic carbocycles. The zero-order valence-electron chi connectivity index (χ0n) is 18.2. The number of aromatic carboxylic acids is 1. The number of thiophene rings is 1. The number of anilines is 1. The third-order valence-electron chi connectivity index (χ3n) is 5.98. The van der Waals surface area contributed by atoms with E-state index in [4.69, 9.17) is 4.74 Å². The number of rotatable bonds is 6. The van der Waals surface area contributed by atoms with Crippen LogP contribution in [-0.4, -0.2) is 60.6 Å². The van der Waals surface area contributed by atoms with Gasteiger partial charge in [-0.15, -0.1) is 17.3 Å². The van der Waals surface area contributed by atoms with Crippen LogP contribution in [0.4, 0.5) is 5.69 Å². The van der Waals surface area contributed by atoms with Crippen molar-refractivity contribution in [2.75, 3.05) is 37.7 Å².